The highest BCUT2D eigenvalue weighted by atomic mass is 15.2. The molecule has 1 aliphatic carbocycles. The predicted molar refractivity (Wildman–Crippen MR) is 103 cm³/mol. The highest BCUT2D eigenvalue weighted by molar-refractivity contribution is 5.28. The first-order valence-electron chi connectivity index (χ1n) is 9.88. The van der Waals surface area contributed by atoms with Crippen molar-refractivity contribution >= 4 is 0 Å². The van der Waals surface area contributed by atoms with E-state index in [0.29, 0.717) is 17.4 Å². The van der Waals surface area contributed by atoms with Gasteiger partial charge in [-0.05, 0) is 80.0 Å². The lowest BCUT2D eigenvalue weighted by Gasteiger charge is -2.37. The molecule has 134 valence electrons. The van der Waals surface area contributed by atoms with Gasteiger partial charge in [-0.2, -0.15) is 0 Å². The summed E-state index contributed by atoms with van der Waals surface area (Å²) in [5.74, 6) is 2.33. The Morgan fingerprint density at radius 1 is 1.00 bits per heavy atom. The van der Waals surface area contributed by atoms with E-state index >= 15 is 0 Å². The third kappa shape index (κ3) is 3.86. The van der Waals surface area contributed by atoms with Crippen molar-refractivity contribution in [1.82, 2.24) is 4.90 Å². The summed E-state index contributed by atoms with van der Waals surface area (Å²) >= 11 is 0. The molecule has 0 bridgehead atoms. The fourth-order valence-electron chi connectivity index (χ4n) is 4.95. The summed E-state index contributed by atoms with van der Waals surface area (Å²) in [6.07, 6.45) is 6.71. The molecule has 0 radical (unpaired) electrons. The molecule has 2 N–H and O–H groups in total. The minimum absolute atomic E-state index is 0.474. The van der Waals surface area contributed by atoms with Gasteiger partial charge in [0, 0.05) is 12.6 Å². The van der Waals surface area contributed by atoms with Crippen molar-refractivity contribution in [1.29, 1.82) is 0 Å². The third-order valence-corrected chi connectivity index (χ3v) is 6.71. The fraction of sp³-hybridized carbons (Fsp3) is 0.727. The average molecular weight is 329 g/mol. The second-order valence-electron chi connectivity index (χ2n) is 9.37. The maximum Gasteiger partial charge on any atom is 0.0348 e. The third-order valence-electron chi connectivity index (χ3n) is 6.71. The molecule has 2 unspecified atom stereocenters. The molecule has 1 aliphatic heterocycles. The summed E-state index contributed by atoms with van der Waals surface area (Å²) < 4.78 is 0. The van der Waals surface area contributed by atoms with Gasteiger partial charge in [0.05, 0.1) is 0 Å². The molecule has 1 aromatic rings. The molecule has 2 nitrogen and oxygen atoms in total. The van der Waals surface area contributed by atoms with Crippen LogP contribution in [0.2, 0.25) is 0 Å². The van der Waals surface area contributed by atoms with Gasteiger partial charge in [0.15, 0.2) is 0 Å². The number of likely N-dealkylation sites (tertiary alicyclic amines) is 1. The van der Waals surface area contributed by atoms with Crippen LogP contribution in [-0.4, -0.2) is 25.0 Å². The summed E-state index contributed by atoms with van der Waals surface area (Å²) in [7, 11) is 2.24. The first-order valence-corrected chi connectivity index (χ1v) is 9.88. The van der Waals surface area contributed by atoms with E-state index < -0.39 is 0 Å². The minimum atomic E-state index is 0.474. The minimum Gasteiger partial charge on any atom is -0.330 e. The Kier molecular flexibility index (Phi) is 5.36. The lowest BCUT2D eigenvalue weighted by atomic mass is 9.68. The molecular formula is C22H36N2. The van der Waals surface area contributed by atoms with Crippen LogP contribution in [0, 0.1) is 17.3 Å². The van der Waals surface area contributed by atoms with E-state index in [0.717, 1.165) is 24.9 Å². The molecule has 2 heteroatoms. The van der Waals surface area contributed by atoms with E-state index in [9.17, 15) is 0 Å². The van der Waals surface area contributed by atoms with E-state index in [-0.39, 0.29) is 0 Å². The van der Waals surface area contributed by atoms with Gasteiger partial charge in [-0.25, -0.2) is 0 Å². The highest BCUT2D eigenvalue weighted by Crippen LogP contribution is 2.43. The number of hydrogen-bond donors (Lipinski definition) is 1. The van der Waals surface area contributed by atoms with E-state index in [4.69, 9.17) is 5.73 Å². The topological polar surface area (TPSA) is 29.3 Å². The molecule has 1 saturated heterocycles. The monoisotopic (exact) mass is 328 g/mol. The molecule has 2 aliphatic rings. The standard InChI is InChI=1S/C22H36N2/c1-22(2,3)20-11-9-18(10-12-20)17-5-7-19(8-6-17)21-13-16(14-23)15-24(21)4/h5-8,16,18,20-21H,9-15,23H2,1-4H3. The molecular weight excluding hydrogens is 292 g/mol. The molecule has 0 amide bonds. The SMILES string of the molecule is CN1CC(CN)CC1c1ccc(C2CCC(C(C)(C)C)CC2)cc1. The summed E-state index contributed by atoms with van der Waals surface area (Å²) in [5, 5.41) is 0. The maximum absolute atomic E-state index is 5.87. The zero-order valence-corrected chi connectivity index (χ0v) is 16.1. The van der Waals surface area contributed by atoms with Gasteiger partial charge in [0.1, 0.15) is 0 Å². The van der Waals surface area contributed by atoms with Crippen LogP contribution >= 0.6 is 0 Å². The van der Waals surface area contributed by atoms with Crippen molar-refractivity contribution in [2.24, 2.45) is 23.0 Å². The van der Waals surface area contributed by atoms with Crippen molar-refractivity contribution < 1.29 is 0 Å². The van der Waals surface area contributed by atoms with Crippen molar-refractivity contribution in [3.63, 3.8) is 0 Å². The smallest absolute Gasteiger partial charge is 0.0348 e. The van der Waals surface area contributed by atoms with Gasteiger partial charge in [-0.15, -0.1) is 0 Å². The van der Waals surface area contributed by atoms with Crippen LogP contribution in [-0.2, 0) is 0 Å². The molecule has 2 atom stereocenters. The quantitative estimate of drug-likeness (QED) is 0.850. The van der Waals surface area contributed by atoms with Crippen LogP contribution in [0.15, 0.2) is 24.3 Å². The Morgan fingerprint density at radius 3 is 2.08 bits per heavy atom. The average Bonchev–Trinajstić information content (AvgIpc) is 2.95. The van der Waals surface area contributed by atoms with Gasteiger partial charge in [0.2, 0.25) is 0 Å². The highest BCUT2D eigenvalue weighted by Gasteiger charge is 2.31. The number of rotatable bonds is 3. The zero-order chi connectivity index (χ0) is 17.3. The Morgan fingerprint density at radius 2 is 1.58 bits per heavy atom. The Bertz CT molecular complexity index is 520. The molecule has 1 heterocycles. The molecule has 3 rings (SSSR count). The number of hydrogen-bond acceptors (Lipinski definition) is 2. The van der Waals surface area contributed by atoms with Crippen LogP contribution < -0.4 is 5.73 Å². The maximum atomic E-state index is 5.87. The second kappa shape index (κ2) is 7.17. The van der Waals surface area contributed by atoms with E-state index in [2.05, 4.69) is 57.0 Å². The van der Waals surface area contributed by atoms with E-state index in [1.165, 1.54) is 37.7 Å². The molecule has 0 spiro atoms. The van der Waals surface area contributed by atoms with E-state index in [1.54, 1.807) is 5.56 Å². The van der Waals surface area contributed by atoms with Crippen molar-refractivity contribution in [3.8, 4) is 0 Å². The zero-order valence-electron chi connectivity index (χ0n) is 16.1. The lowest BCUT2D eigenvalue weighted by molar-refractivity contribution is 0.169. The first kappa shape index (κ1) is 17.9. The van der Waals surface area contributed by atoms with Crippen LogP contribution in [0.4, 0.5) is 0 Å². The Labute approximate surface area is 148 Å². The van der Waals surface area contributed by atoms with Gasteiger partial charge >= 0.3 is 0 Å². The van der Waals surface area contributed by atoms with Crippen LogP contribution in [0.1, 0.15) is 76.0 Å². The fourth-order valence-corrected chi connectivity index (χ4v) is 4.95. The van der Waals surface area contributed by atoms with Gasteiger partial charge in [0.25, 0.3) is 0 Å². The summed E-state index contributed by atoms with van der Waals surface area (Å²) in [6, 6.07) is 10.1. The molecule has 2 fully saturated rings. The molecule has 1 aromatic carbocycles. The second-order valence-corrected chi connectivity index (χ2v) is 9.37. The van der Waals surface area contributed by atoms with E-state index in [1.807, 2.05) is 0 Å². The summed E-state index contributed by atoms with van der Waals surface area (Å²) in [6.45, 7) is 9.16. The Hall–Kier alpha value is -0.860. The number of nitrogens with two attached hydrogens (primary N) is 1. The largest absolute Gasteiger partial charge is 0.330 e. The molecule has 0 aromatic heterocycles. The summed E-state index contributed by atoms with van der Waals surface area (Å²) in [4.78, 5) is 2.47. The van der Waals surface area contributed by atoms with Gasteiger partial charge in [-0.1, -0.05) is 45.0 Å². The summed E-state index contributed by atoms with van der Waals surface area (Å²) in [5.41, 5.74) is 9.38. The number of benzene rings is 1. The van der Waals surface area contributed by atoms with Gasteiger partial charge < -0.3 is 5.73 Å². The van der Waals surface area contributed by atoms with Gasteiger partial charge in [-0.3, -0.25) is 4.90 Å². The van der Waals surface area contributed by atoms with Crippen molar-refractivity contribution in [2.75, 3.05) is 20.1 Å². The predicted octanol–water partition coefficient (Wildman–Crippen LogP) is 4.96. The van der Waals surface area contributed by atoms with Crippen LogP contribution in [0.3, 0.4) is 0 Å². The van der Waals surface area contributed by atoms with Crippen molar-refractivity contribution in [3.05, 3.63) is 35.4 Å². The Balaban J connectivity index is 1.62. The molecule has 24 heavy (non-hydrogen) atoms. The first-order chi connectivity index (χ1) is 11.4. The van der Waals surface area contributed by atoms with Crippen LogP contribution in [0.25, 0.3) is 0 Å². The number of nitrogens with zero attached hydrogens (tertiary/aromatic N) is 1. The van der Waals surface area contributed by atoms with Crippen molar-refractivity contribution in [2.45, 2.75) is 64.8 Å². The molecule has 1 saturated carbocycles. The normalized spacial score (nSPS) is 32.2. The lowest BCUT2D eigenvalue weighted by Crippen LogP contribution is -2.25. The van der Waals surface area contributed by atoms with Crippen LogP contribution in [0.5, 0.6) is 0 Å².